The zero-order chi connectivity index (χ0) is 22.8. The van der Waals surface area contributed by atoms with Crippen LogP contribution in [0.1, 0.15) is 28.5 Å². The van der Waals surface area contributed by atoms with Gasteiger partial charge in [0.05, 0.1) is 38.6 Å². The summed E-state index contributed by atoms with van der Waals surface area (Å²) in [4.78, 5) is 27.5. The van der Waals surface area contributed by atoms with Crippen LogP contribution in [-0.4, -0.2) is 35.9 Å². The van der Waals surface area contributed by atoms with E-state index < -0.39 is 17.7 Å². The predicted molar refractivity (Wildman–Crippen MR) is 117 cm³/mol. The molecule has 1 N–H and O–H groups in total. The lowest BCUT2D eigenvalue weighted by Gasteiger charge is -2.24. The molecule has 7 heteroatoms. The van der Waals surface area contributed by atoms with E-state index in [-0.39, 0.29) is 17.9 Å². The number of methoxy groups -OCH3 is 2. The average Bonchev–Trinajstić information content (AvgIpc) is 3.41. The predicted octanol–water partition coefficient (Wildman–Crippen LogP) is 4.23. The van der Waals surface area contributed by atoms with E-state index in [0.29, 0.717) is 33.9 Å². The van der Waals surface area contributed by atoms with Crippen LogP contribution in [0.15, 0.2) is 70.9 Å². The summed E-state index contributed by atoms with van der Waals surface area (Å²) in [5, 5.41) is 11.2. The van der Waals surface area contributed by atoms with Crippen LogP contribution in [0.25, 0.3) is 5.76 Å². The molecule has 0 bridgehead atoms. The van der Waals surface area contributed by atoms with Crippen molar-refractivity contribution in [1.82, 2.24) is 4.90 Å². The Morgan fingerprint density at radius 2 is 1.72 bits per heavy atom. The van der Waals surface area contributed by atoms with Gasteiger partial charge in [0.15, 0.2) is 0 Å². The van der Waals surface area contributed by atoms with Gasteiger partial charge in [0.2, 0.25) is 0 Å². The first-order valence-corrected chi connectivity index (χ1v) is 10.0. The van der Waals surface area contributed by atoms with Crippen LogP contribution in [0.4, 0.5) is 0 Å². The number of hydrogen-bond acceptors (Lipinski definition) is 6. The summed E-state index contributed by atoms with van der Waals surface area (Å²) >= 11 is 0. The first-order chi connectivity index (χ1) is 15.4. The Balaban J connectivity index is 1.87. The highest BCUT2D eigenvalue weighted by atomic mass is 16.5. The standard InChI is InChI=1S/C25H23NO6/c1-15-13-18(31-3)10-11-20(15)23(27)21-22(16-6-8-17(30-2)9-7-16)26(25(29)24(21)28)14-19-5-4-12-32-19/h4-13,22,27H,14H2,1-3H3/b23-21-. The number of aliphatic hydroxyl groups is 1. The Bertz CT molecular complexity index is 1180. The number of amides is 1. The van der Waals surface area contributed by atoms with Crippen molar-refractivity contribution in [3.63, 3.8) is 0 Å². The van der Waals surface area contributed by atoms with Crippen molar-refractivity contribution in [2.45, 2.75) is 19.5 Å². The number of carbonyl (C=O) groups is 2. The van der Waals surface area contributed by atoms with Crippen molar-refractivity contribution in [2.75, 3.05) is 14.2 Å². The zero-order valence-corrected chi connectivity index (χ0v) is 18.0. The Morgan fingerprint density at radius 3 is 2.31 bits per heavy atom. The molecule has 2 heterocycles. The number of nitrogens with zero attached hydrogens (tertiary/aromatic N) is 1. The SMILES string of the molecule is COc1ccc(C2/C(=C(/O)c3ccc(OC)cc3C)C(=O)C(=O)N2Cc2ccco2)cc1. The number of benzene rings is 2. The van der Waals surface area contributed by atoms with Gasteiger partial charge in [0.1, 0.15) is 23.0 Å². The summed E-state index contributed by atoms with van der Waals surface area (Å²) in [7, 11) is 3.11. The molecule has 32 heavy (non-hydrogen) atoms. The van der Waals surface area contributed by atoms with Crippen molar-refractivity contribution in [2.24, 2.45) is 0 Å². The van der Waals surface area contributed by atoms with Crippen molar-refractivity contribution < 1.29 is 28.6 Å². The largest absolute Gasteiger partial charge is 0.507 e. The number of aryl methyl sites for hydroxylation is 1. The molecule has 7 nitrogen and oxygen atoms in total. The normalized spacial score (nSPS) is 17.6. The van der Waals surface area contributed by atoms with Gasteiger partial charge in [-0.2, -0.15) is 0 Å². The van der Waals surface area contributed by atoms with Crippen molar-refractivity contribution in [3.05, 3.63) is 88.9 Å². The lowest BCUT2D eigenvalue weighted by Crippen LogP contribution is -2.29. The van der Waals surface area contributed by atoms with E-state index in [9.17, 15) is 14.7 Å². The Hall–Kier alpha value is -4.00. The van der Waals surface area contributed by atoms with Crippen LogP contribution in [-0.2, 0) is 16.1 Å². The molecule has 0 saturated carbocycles. The maximum absolute atomic E-state index is 13.1. The summed E-state index contributed by atoms with van der Waals surface area (Å²) in [5.41, 5.74) is 1.87. The summed E-state index contributed by atoms with van der Waals surface area (Å²) in [6, 6.07) is 14.9. The van der Waals surface area contributed by atoms with E-state index >= 15 is 0 Å². The lowest BCUT2D eigenvalue weighted by atomic mass is 9.94. The second kappa shape index (κ2) is 8.63. The quantitative estimate of drug-likeness (QED) is 0.356. The molecule has 1 aromatic heterocycles. The van der Waals surface area contributed by atoms with Gasteiger partial charge in [0.25, 0.3) is 11.7 Å². The Kier molecular flexibility index (Phi) is 5.73. The molecule has 1 aliphatic heterocycles. The van der Waals surface area contributed by atoms with Gasteiger partial charge in [-0.15, -0.1) is 0 Å². The molecule has 0 radical (unpaired) electrons. The third kappa shape index (κ3) is 3.73. The monoisotopic (exact) mass is 433 g/mol. The number of carbonyl (C=O) groups excluding carboxylic acids is 2. The molecule has 4 rings (SSSR count). The molecule has 1 amide bonds. The second-order valence-corrected chi connectivity index (χ2v) is 7.46. The number of rotatable bonds is 6. The topological polar surface area (TPSA) is 89.2 Å². The van der Waals surface area contributed by atoms with E-state index in [4.69, 9.17) is 13.9 Å². The van der Waals surface area contributed by atoms with Crippen molar-refractivity contribution >= 4 is 17.4 Å². The minimum absolute atomic E-state index is 0.0278. The molecule has 0 aliphatic carbocycles. The lowest BCUT2D eigenvalue weighted by molar-refractivity contribution is -0.140. The number of ether oxygens (including phenoxy) is 2. The van der Waals surface area contributed by atoms with E-state index in [0.717, 1.165) is 0 Å². The van der Waals surface area contributed by atoms with E-state index in [1.807, 2.05) is 0 Å². The van der Waals surface area contributed by atoms with Crippen LogP contribution in [0, 0.1) is 6.92 Å². The van der Waals surface area contributed by atoms with Crippen LogP contribution >= 0.6 is 0 Å². The molecule has 2 aromatic carbocycles. The van der Waals surface area contributed by atoms with Gasteiger partial charge in [-0.1, -0.05) is 12.1 Å². The molecule has 1 saturated heterocycles. The fourth-order valence-corrected chi connectivity index (χ4v) is 3.92. The molecule has 1 aliphatic rings. The zero-order valence-electron chi connectivity index (χ0n) is 18.0. The fraction of sp³-hybridized carbons (Fsp3) is 0.200. The molecule has 1 unspecified atom stereocenters. The minimum Gasteiger partial charge on any atom is -0.507 e. The van der Waals surface area contributed by atoms with Crippen molar-refractivity contribution in [1.29, 1.82) is 0 Å². The van der Waals surface area contributed by atoms with Gasteiger partial charge in [-0.25, -0.2) is 0 Å². The van der Waals surface area contributed by atoms with Gasteiger partial charge < -0.3 is 23.9 Å². The summed E-state index contributed by atoms with van der Waals surface area (Å²) in [5.74, 6) is 0.129. The molecule has 1 atom stereocenters. The first-order valence-electron chi connectivity index (χ1n) is 10.0. The average molecular weight is 433 g/mol. The Labute approximate surface area is 185 Å². The highest BCUT2D eigenvalue weighted by Gasteiger charge is 2.46. The van der Waals surface area contributed by atoms with E-state index in [1.165, 1.54) is 11.2 Å². The van der Waals surface area contributed by atoms with Gasteiger partial charge in [-0.05, 0) is 60.5 Å². The van der Waals surface area contributed by atoms with E-state index in [2.05, 4.69) is 0 Å². The molecular formula is C25H23NO6. The first kappa shape index (κ1) is 21.2. The van der Waals surface area contributed by atoms with Crippen LogP contribution < -0.4 is 9.47 Å². The third-order valence-electron chi connectivity index (χ3n) is 5.57. The molecule has 3 aromatic rings. The fourth-order valence-electron chi connectivity index (χ4n) is 3.92. The second-order valence-electron chi connectivity index (χ2n) is 7.46. The maximum atomic E-state index is 13.1. The molecule has 0 spiro atoms. The number of Topliss-reactive ketones (excluding diaryl/α,β-unsaturated/α-hetero) is 1. The van der Waals surface area contributed by atoms with E-state index in [1.54, 1.807) is 75.7 Å². The molecular weight excluding hydrogens is 410 g/mol. The Morgan fingerprint density at radius 1 is 1.03 bits per heavy atom. The summed E-state index contributed by atoms with van der Waals surface area (Å²) in [6.45, 7) is 1.89. The van der Waals surface area contributed by atoms with Crippen molar-refractivity contribution in [3.8, 4) is 11.5 Å². The summed E-state index contributed by atoms with van der Waals surface area (Å²) < 4.78 is 15.9. The van der Waals surface area contributed by atoms with Crippen LogP contribution in [0.2, 0.25) is 0 Å². The van der Waals surface area contributed by atoms with Gasteiger partial charge >= 0.3 is 0 Å². The number of furan rings is 1. The third-order valence-corrected chi connectivity index (χ3v) is 5.57. The van der Waals surface area contributed by atoms with Crippen LogP contribution in [0.5, 0.6) is 11.5 Å². The minimum atomic E-state index is -0.785. The number of aliphatic hydroxyl groups excluding tert-OH is 1. The maximum Gasteiger partial charge on any atom is 0.296 e. The van der Waals surface area contributed by atoms with Crippen LogP contribution in [0.3, 0.4) is 0 Å². The van der Waals surface area contributed by atoms with Gasteiger partial charge in [-0.3, -0.25) is 9.59 Å². The highest BCUT2D eigenvalue weighted by molar-refractivity contribution is 6.46. The summed E-state index contributed by atoms with van der Waals surface area (Å²) in [6.07, 6.45) is 1.51. The molecule has 164 valence electrons. The molecule has 1 fully saturated rings. The smallest absolute Gasteiger partial charge is 0.296 e. The highest BCUT2D eigenvalue weighted by Crippen LogP contribution is 2.41. The number of likely N-dealkylation sites (tertiary alicyclic amines) is 1. The van der Waals surface area contributed by atoms with Gasteiger partial charge in [0, 0.05) is 5.56 Å². The number of hydrogen-bond donors (Lipinski definition) is 1. The number of ketones is 1.